The molecule has 1 atom stereocenters. The Labute approximate surface area is 185 Å². The van der Waals surface area contributed by atoms with Gasteiger partial charge in [-0.1, -0.05) is 42.5 Å². The molecule has 0 saturated heterocycles. The molecule has 1 amide bonds. The molecule has 2 aliphatic heterocycles. The second kappa shape index (κ2) is 7.76. The van der Waals surface area contributed by atoms with E-state index in [9.17, 15) is 13.2 Å². The summed E-state index contributed by atoms with van der Waals surface area (Å²) in [5, 5.41) is 3.05. The number of carbonyl (C=O) groups excluding carboxylic acids is 1. The van der Waals surface area contributed by atoms with Crippen molar-refractivity contribution in [2.24, 2.45) is 11.4 Å². The summed E-state index contributed by atoms with van der Waals surface area (Å²) in [6.45, 7) is 0.259. The molecule has 162 valence electrons. The molecule has 0 spiro atoms. The lowest BCUT2D eigenvalue weighted by molar-refractivity contribution is -0.117. The predicted molar refractivity (Wildman–Crippen MR) is 122 cm³/mol. The number of nitrogens with one attached hydrogen (secondary N) is 1. The van der Waals surface area contributed by atoms with Gasteiger partial charge >= 0.3 is 0 Å². The Morgan fingerprint density at radius 1 is 1.09 bits per heavy atom. The zero-order valence-corrected chi connectivity index (χ0v) is 18.2. The number of carbonyl (C=O) groups is 1. The van der Waals surface area contributed by atoms with Crippen LogP contribution in [0.5, 0.6) is 0 Å². The summed E-state index contributed by atoms with van der Waals surface area (Å²) in [6, 6.07) is 16.8. The van der Waals surface area contributed by atoms with Crippen LogP contribution >= 0.6 is 0 Å². The Morgan fingerprint density at radius 3 is 2.62 bits per heavy atom. The van der Waals surface area contributed by atoms with Gasteiger partial charge in [-0.25, -0.2) is 13.4 Å². The summed E-state index contributed by atoms with van der Waals surface area (Å²) in [7, 11) is -1.69. The largest absolute Gasteiger partial charge is 0.338 e. The van der Waals surface area contributed by atoms with E-state index in [-0.39, 0.29) is 23.7 Å². The van der Waals surface area contributed by atoms with Crippen LogP contribution in [0.4, 0.5) is 0 Å². The molecule has 3 aromatic rings. The smallest absolute Gasteiger partial charge is 0.256 e. The molecule has 2 aliphatic rings. The number of fused-ring (bicyclic) bond motifs is 2. The molecular weight excluding hydrogens is 426 g/mol. The van der Waals surface area contributed by atoms with Gasteiger partial charge < -0.3 is 14.8 Å². The number of benzene rings is 2. The van der Waals surface area contributed by atoms with Crippen molar-refractivity contribution in [2.45, 2.75) is 6.04 Å². The molecule has 0 saturated carbocycles. The molecular formula is C23H21N5O3S. The molecule has 1 unspecified atom stereocenters. The molecule has 3 heterocycles. The Kier molecular flexibility index (Phi) is 4.90. The SMILES string of the molecule is Cn1c(C(NC(=O)C2=CC=CN3CCS(=O)(=O)N=C23)c2ccccc2)nc2ccccc21. The minimum atomic E-state index is -3.60. The third-order valence-electron chi connectivity index (χ3n) is 5.59. The average molecular weight is 448 g/mol. The number of hydrogen-bond donors (Lipinski definition) is 1. The van der Waals surface area contributed by atoms with Crippen molar-refractivity contribution in [2.75, 3.05) is 12.3 Å². The highest BCUT2D eigenvalue weighted by Gasteiger charge is 2.32. The lowest BCUT2D eigenvalue weighted by Gasteiger charge is -2.29. The zero-order valence-electron chi connectivity index (χ0n) is 17.3. The van der Waals surface area contributed by atoms with Crippen molar-refractivity contribution in [3.05, 3.63) is 89.9 Å². The topological polar surface area (TPSA) is 96.7 Å². The van der Waals surface area contributed by atoms with Crippen LogP contribution in [0.3, 0.4) is 0 Å². The van der Waals surface area contributed by atoms with Gasteiger partial charge in [0.15, 0.2) is 5.84 Å². The third kappa shape index (κ3) is 3.60. The van der Waals surface area contributed by atoms with E-state index in [2.05, 4.69) is 9.71 Å². The minimum Gasteiger partial charge on any atom is -0.338 e. The predicted octanol–water partition coefficient (Wildman–Crippen LogP) is 2.28. The molecule has 1 N–H and O–H groups in total. The van der Waals surface area contributed by atoms with E-state index in [1.54, 1.807) is 23.3 Å². The van der Waals surface area contributed by atoms with Gasteiger partial charge in [0, 0.05) is 19.8 Å². The van der Waals surface area contributed by atoms with Gasteiger partial charge in [-0.3, -0.25) is 4.79 Å². The maximum absolute atomic E-state index is 13.4. The fraction of sp³-hybridized carbons (Fsp3) is 0.174. The van der Waals surface area contributed by atoms with Crippen molar-refractivity contribution in [1.29, 1.82) is 0 Å². The second-order valence-corrected chi connectivity index (χ2v) is 9.41. The summed E-state index contributed by atoms with van der Waals surface area (Å²) in [6.07, 6.45) is 5.03. The first-order valence-corrected chi connectivity index (χ1v) is 11.8. The van der Waals surface area contributed by atoms with E-state index >= 15 is 0 Å². The first-order valence-electron chi connectivity index (χ1n) is 10.2. The van der Waals surface area contributed by atoms with E-state index in [4.69, 9.17) is 4.98 Å². The number of amides is 1. The second-order valence-electron chi connectivity index (χ2n) is 7.65. The number of para-hydroxylation sites is 2. The van der Waals surface area contributed by atoms with Crippen LogP contribution in [0.25, 0.3) is 11.0 Å². The Morgan fingerprint density at radius 2 is 1.84 bits per heavy atom. The number of allylic oxidation sites excluding steroid dienone is 2. The van der Waals surface area contributed by atoms with Crippen molar-refractivity contribution in [3.8, 4) is 0 Å². The fourth-order valence-electron chi connectivity index (χ4n) is 3.97. The number of imidazole rings is 1. The van der Waals surface area contributed by atoms with Crippen LogP contribution in [-0.4, -0.2) is 46.9 Å². The molecule has 8 nitrogen and oxygen atoms in total. The monoisotopic (exact) mass is 447 g/mol. The van der Waals surface area contributed by atoms with Crippen LogP contribution in [0.1, 0.15) is 17.4 Å². The number of nitrogens with zero attached hydrogens (tertiary/aromatic N) is 4. The van der Waals surface area contributed by atoms with Gasteiger partial charge in [0.05, 0.1) is 22.4 Å². The number of amidine groups is 1. The molecule has 32 heavy (non-hydrogen) atoms. The lowest BCUT2D eigenvalue weighted by atomic mass is 10.0. The highest BCUT2D eigenvalue weighted by molar-refractivity contribution is 7.90. The van der Waals surface area contributed by atoms with E-state index in [0.717, 1.165) is 16.6 Å². The molecule has 0 radical (unpaired) electrons. The molecule has 0 aliphatic carbocycles. The Bertz CT molecular complexity index is 1400. The van der Waals surface area contributed by atoms with Gasteiger partial charge in [-0.15, -0.1) is 4.40 Å². The molecule has 5 rings (SSSR count). The zero-order chi connectivity index (χ0) is 22.3. The molecule has 1 aromatic heterocycles. The highest BCUT2D eigenvalue weighted by atomic mass is 32.2. The average Bonchev–Trinajstić information content (AvgIpc) is 3.13. The van der Waals surface area contributed by atoms with E-state index < -0.39 is 22.0 Å². The maximum atomic E-state index is 13.4. The van der Waals surface area contributed by atoms with Crippen molar-refractivity contribution in [3.63, 3.8) is 0 Å². The summed E-state index contributed by atoms with van der Waals surface area (Å²) in [5.74, 6) is 0.319. The first kappa shape index (κ1) is 20.2. The van der Waals surface area contributed by atoms with Gasteiger partial charge in [-0.05, 0) is 29.8 Å². The number of rotatable bonds is 4. The van der Waals surface area contributed by atoms with Crippen LogP contribution in [0, 0.1) is 0 Å². The van der Waals surface area contributed by atoms with Crippen LogP contribution < -0.4 is 5.32 Å². The molecule has 9 heteroatoms. The lowest BCUT2D eigenvalue weighted by Crippen LogP contribution is -2.43. The van der Waals surface area contributed by atoms with Crippen LogP contribution in [-0.2, 0) is 21.9 Å². The summed E-state index contributed by atoms with van der Waals surface area (Å²) in [4.78, 5) is 19.8. The molecule has 2 aromatic carbocycles. The van der Waals surface area contributed by atoms with E-state index in [0.29, 0.717) is 5.82 Å². The number of hydrogen-bond acceptors (Lipinski definition) is 5. The Balaban J connectivity index is 1.56. The number of sulfonamides is 1. The highest BCUT2D eigenvalue weighted by Crippen LogP contribution is 2.26. The summed E-state index contributed by atoms with van der Waals surface area (Å²) >= 11 is 0. The Hall–Kier alpha value is -3.72. The van der Waals surface area contributed by atoms with Gasteiger partial charge in [-0.2, -0.15) is 0 Å². The van der Waals surface area contributed by atoms with Crippen molar-refractivity contribution < 1.29 is 13.2 Å². The quantitative estimate of drug-likeness (QED) is 0.662. The third-order valence-corrected chi connectivity index (χ3v) is 6.74. The van der Waals surface area contributed by atoms with E-state index in [1.165, 1.54) is 0 Å². The standard InChI is InChI=1S/C23H21N5O3S/c1-27-19-12-6-5-11-18(19)24-22(27)20(16-8-3-2-4-9-16)25-23(29)17-10-7-13-28-14-15-32(30,31)26-21(17)28/h2-13,20H,14-15H2,1H3,(H,25,29). The van der Waals surface area contributed by atoms with E-state index in [1.807, 2.05) is 66.2 Å². The summed E-state index contributed by atoms with van der Waals surface area (Å²) < 4.78 is 30.0. The summed E-state index contributed by atoms with van der Waals surface area (Å²) in [5.41, 5.74) is 2.84. The first-order chi connectivity index (χ1) is 15.4. The number of aromatic nitrogens is 2. The van der Waals surface area contributed by atoms with Gasteiger partial charge in [0.25, 0.3) is 15.9 Å². The molecule has 0 fully saturated rings. The van der Waals surface area contributed by atoms with Crippen LogP contribution in [0.2, 0.25) is 0 Å². The normalized spacial score (nSPS) is 18.0. The minimum absolute atomic E-state index is 0.0811. The van der Waals surface area contributed by atoms with Crippen molar-refractivity contribution >= 4 is 32.8 Å². The van der Waals surface area contributed by atoms with Crippen LogP contribution in [0.15, 0.2) is 82.9 Å². The van der Waals surface area contributed by atoms with Crippen molar-refractivity contribution in [1.82, 2.24) is 19.8 Å². The fourth-order valence-corrected chi connectivity index (χ4v) is 4.95. The number of aryl methyl sites for hydroxylation is 1. The van der Waals surface area contributed by atoms with Gasteiger partial charge in [0.1, 0.15) is 11.9 Å². The molecule has 0 bridgehead atoms. The van der Waals surface area contributed by atoms with Gasteiger partial charge in [0.2, 0.25) is 0 Å². The maximum Gasteiger partial charge on any atom is 0.256 e.